The number of nitrogens with zero attached hydrogens (tertiary/aromatic N) is 1. The molecular formula is C13H17N3O2. The Hall–Kier alpha value is -1.88. The molecule has 1 aliphatic rings. The lowest BCUT2D eigenvalue weighted by molar-refractivity contribution is -0.135. The van der Waals surface area contributed by atoms with E-state index < -0.39 is 5.91 Å². The predicted molar refractivity (Wildman–Crippen MR) is 67.8 cm³/mol. The highest BCUT2D eigenvalue weighted by Gasteiger charge is 2.24. The van der Waals surface area contributed by atoms with Crippen LogP contribution in [0.15, 0.2) is 24.3 Å². The van der Waals surface area contributed by atoms with Gasteiger partial charge in [-0.15, -0.1) is 0 Å². The van der Waals surface area contributed by atoms with E-state index in [-0.39, 0.29) is 11.9 Å². The van der Waals surface area contributed by atoms with Crippen LogP contribution in [0.25, 0.3) is 0 Å². The Morgan fingerprint density at radius 2 is 2.33 bits per heavy atom. The first-order chi connectivity index (χ1) is 8.58. The maximum absolute atomic E-state index is 11.9. The lowest BCUT2D eigenvalue weighted by atomic mass is 10.1. The fraction of sp³-hybridized carbons (Fsp3) is 0.385. The molecule has 1 aliphatic heterocycles. The minimum absolute atomic E-state index is 0.0886. The smallest absolute Gasteiger partial charge is 0.248 e. The lowest BCUT2D eigenvalue weighted by Gasteiger charge is -2.31. The van der Waals surface area contributed by atoms with Crippen LogP contribution in [0.2, 0.25) is 0 Å². The first-order valence-corrected chi connectivity index (χ1v) is 5.99. The Labute approximate surface area is 106 Å². The number of piperazine rings is 1. The van der Waals surface area contributed by atoms with E-state index in [1.807, 2.05) is 13.0 Å². The van der Waals surface area contributed by atoms with Gasteiger partial charge >= 0.3 is 0 Å². The monoisotopic (exact) mass is 247 g/mol. The third-order valence-electron chi connectivity index (χ3n) is 3.10. The molecule has 1 heterocycles. The Morgan fingerprint density at radius 3 is 3.06 bits per heavy atom. The highest BCUT2D eigenvalue weighted by atomic mass is 16.2. The van der Waals surface area contributed by atoms with Gasteiger partial charge in [0.1, 0.15) is 0 Å². The van der Waals surface area contributed by atoms with Crippen molar-refractivity contribution in [3.05, 3.63) is 35.4 Å². The zero-order valence-corrected chi connectivity index (χ0v) is 10.3. The lowest BCUT2D eigenvalue weighted by Crippen LogP contribution is -2.53. The number of nitrogens with one attached hydrogen (secondary N) is 1. The number of hydrogen-bond donors (Lipinski definition) is 2. The highest BCUT2D eigenvalue weighted by molar-refractivity contribution is 5.92. The largest absolute Gasteiger partial charge is 0.366 e. The molecule has 0 spiro atoms. The molecule has 1 aromatic rings. The molecular weight excluding hydrogens is 230 g/mol. The van der Waals surface area contributed by atoms with Crippen molar-refractivity contribution in [3.63, 3.8) is 0 Å². The van der Waals surface area contributed by atoms with Crippen molar-refractivity contribution >= 4 is 11.8 Å². The summed E-state index contributed by atoms with van der Waals surface area (Å²) in [5.41, 5.74) is 6.64. The van der Waals surface area contributed by atoms with Crippen molar-refractivity contribution in [3.8, 4) is 0 Å². The molecule has 0 aromatic heterocycles. The number of primary amides is 1. The second-order valence-electron chi connectivity index (χ2n) is 4.50. The summed E-state index contributed by atoms with van der Waals surface area (Å²) in [5, 5.41) is 3.11. The molecule has 0 aliphatic carbocycles. The van der Waals surface area contributed by atoms with Gasteiger partial charge in [-0.25, -0.2) is 0 Å². The Kier molecular flexibility index (Phi) is 3.62. The summed E-state index contributed by atoms with van der Waals surface area (Å²) in [6.07, 6.45) is 0. The number of benzene rings is 1. The summed E-state index contributed by atoms with van der Waals surface area (Å²) in [7, 11) is 0. The van der Waals surface area contributed by atoms with Crippen LogP contribution in [0.4, 0.5) is 0 Å². The number of nitrogens with two attached hydrogens (primary N) is 1. The third kappa shape index (κ3) is 2.68. The molecule has 1 saturated heterocycles. The van der Waals surface area contributed by atoms with Gasteiger partial charge in [0.05, 0.1) is 6.04 Å². The number of rotatable bonds is 3. The molecule has 1 unspecified atom stereocenters. The van der Waals surface area contributed by atoms with Crippen LogP contribution >= 0.6 is 0 Å². The first-order valence-electron chi connectivity index (χ1n) is 5.99. The van der Waals surface area contributed by atoms with Gasteiger partial charge in [0.25, 0.3) is 0 Å². The molecule has 3 N–H and O–H groups in total. The van der Waals surface area contributed by atoms with Gasteiger partial charge in [-0.2, -0.15) is 0 Å². The van der Waals surface area contributed by atoms with Gasteiger partial charge in [0.15, 0.2) is 0 Å². The van der Waals surface area contributed by atoms with Crippen molar-refractivity contribution in [1.29, 1.82) is 0 Å². The van der Waals surface area contributed by atoms with Gasteiger partial charge < -0.3 is 16.0 Å². The minimum atomic E-state index is -0.447. The maximum atomic E-state index is 11.9. The highest BCUT2D eigenvalue weighted by Crippen LogP contribution is 2.10. The molecule has 1 aromatic carbocycles. The summed E-state index contributed by atoms with van der Waals surface area (Å²) in [4.78, 5) is 24.8. The van der Waals surface area contributed by atoms with E-state index in [4.69, 9.17) is 5.73 Å². The minimum Gasteiger partial charge on any atom is -0.366 e. The first kappa shape index (κ1) is 12.6. The molecule has 5 heteroatoms. The number of carbonyl (C=O) groups is 2. The van der Waals surface area contributed by atoms with Gasteiger partial charge in [-0.05, 0) is 24.6 Å². The second-order valence-corrected chi connectivity index (χ2v) is 4.50. The van der Waals surface area contributed by atoms with Crippen LogP contribution in [0, 0.1) is 0 Å². The average molecular weight is 247 g/mol. The Bertz CT molecular complexity index is 473. The fourth-order valence-corrected chi connectivity index (χ4v) is 2.09. The van der Waals surface area contributed by atoms with Gasteiger partial charge in [0, 0.05) is 25.2 Å². The third-order valence-corrected chi connectivity index (χ3v) is 3.10. The molecule has 0 radical (unpaired) electrons. The van der Waals surface area contributed by atoms with Gasteiger partial charge in [-0.3, -0.25) is 9.59 Å². The summed E-state index contributed by atoms with van der Waals surface area (Å²) < 4.78 is 0. The van der Waals surface area contributed by atoms with Crippen LogP contribution in [0.5, 0.6) is 0 Å². The van der Waals surface area contributed by atoms with E-state index in [0.717, 1.165) is 12.1 Å². The van der Waals surface area contributed by atoms with E-state index in [1.54, 1.807) is 23.1 Å². The van der Waals surface area contributed by atoms with Crippen LogP contribution in [-0.4, -0.2) is 35.8 Å². The topological polar surface area (TPSA) is 75.4 Å². The normalized spacial score (nSPS) is 19.9. The summed E-state index contributed by atoms with van der Waals surface area (Å²) in [6, 6.07) is 6.95. The van der Waals surface area contributed by atoms with E-state index in [0.29, 0.717) is 18.7 Å². The summed E-state index contributed by atoms with van der Waals surface area (Å²) in [6.45, 7) is 3.85. The maximum Gasteiger partial charge on any atom is 0.248 e. The van der Waals surface area contributed by atoms with Crippen LogP contribution in [0.1, 0.15) is 22.8 Å². The summed E-state index contributed by atoms with van der Waals surface area (Å²) in [5.74, 6) is -0.359. The van der Waals surface area contributed by atoms with Crippen LogP contribution < -0.4 is 11.1 Å². The average Bonchev–Trinajstić information content (AvgIpc) is 2.35. The SMILES string of the molecule is CC1NCCN(Cc2cccc(C(N)=O)c2)C1=O. The standard InChI is InChI=1S/C13H17N3O2/c1-9-13(18)16(6-5-15-9)8-10-3-2-4-11(7-10)12(14)17/h2-4,7,9,15H,5-6,8H2,1H3,(H2,14,17). The van der Waals surface area contributed by atoms with Crippen molar-refractivity contribution < 1.29 is 9.59 Å². The molecule has 2 amide bonds. The van der Waals surface area contributed by atoms with E-state index in [9.17, 15) is 9.59 Å². The Balaban J connectivity index is 2.11. The van der Waals surface area contributed by atoms with E-state index in [1.165, 1.54) is 0 Å². The van der Waals surface area contributed by atoms with Crippen molar-refractivity contribution in [2.45, 2.75) is 19.5 Å². The van der Waals surface area contributed by atoms with E-state index >= 15 is 0 Å². The number of hydrogen-bond acceptors (Lipinski definition) is 3. The quantitative estimate of drug-likeness (QED) is 0.795. The van der Waals surface area contributed by atoms with E-state index in [2.05, 4.69) is 5.32 Å². The molecule has 2 rings (SSSR count). The Morgan fingerprint density at radius 1 is 1.56 bits per heavy atom. The molecule has 5 nitrogen and oxygen atoms in total. The fourth-order valence-electron chi connectivity index (χ4n) is 2.09. The molecule has 18 heavy (non-hydrogen) atoms. The second kappa shape index (κ2) is 5.18. The molecule has 1 atom stereocenters. The number of carbonyl (C=O) groups excluding carboxylic acids is 2. The molecule has 0 saturated carbocycles. The van der Waals surface area contributed by atoms with Crippen molar-refractivity contribution in [2.75, 3.05) is 13.1 Å². The van der Waals surface area contributed by atoms with Gasteiger partial charge in [-0.1, -0.05) is 12.1 Å². The van der Waals surface area contributed by atoms with Crippen molar-refractivity contribution in [2.24, 2.45) is 5.73 Å². The molecule has 0 bridgehead atoms. The van der Waals surface area contributed by atoms with Gasteiger partial charge in [0.2, 0.25) is 11.8 Å². The summed E-state index contributed by atoms with van der Waals surface area (Å²) >= 11 is 0. The zero-order valence-electron chi connectivity index (χ0n) is 10.3. The van der Waals surface area contributed by atoms with Crippen molar-refractivity contribution in [1.82, 2.24) is 10.2 Å². The zero-order chi connectivity index (χ0) is 13.1. The molecule has 96 valence electrons. The van der Waals surface area contributed by atoms with Crippen LogP contribution in [-0.2, 0) is 11.3 Å². The van der Waals surface area contributed by atoms with Crippen LogP contribution in [0.3, 0.4) is 0 Å². The predicted octanol–water partition coefficient (Wildman–Crippen LogP) is 0.106. The molecule has 1 fully saturated rings. The number of amides is 2.